The molecule has 0 aromatic carbocycles. The highest BCUT2D eigenvalue weighted by Crippen LogP contribution is 2.13. The molecule has 0 bridgehead atoms. The van der Waals surface area contributed by atoms with E-state index in [0.29, 0.717) is 25.5 Å². The number of rotatable bonds is 6. The van der Waals surface area contributed by atoms with E-state index in [9.17, 15) is 4.79 Å². The second-order valence-corrected chi connectivity index (χ2v) is 4.61. The van der Waals surface area contributed by atoms with Crippen LogP contribution in [0.1, 0.15) is 16.1 Å². The first-order chi connectivity index (χ1) is 8.81. The maximum absolute atomic E-state index is 12.2. The molecule has 2 aromatic rings. The maximum Gasteiger partial charge on any atom is 0.289 e. The largest absolute Gasteiger partial charge is 0.459 e. The summed E-state index contributed by atoms with van der Waals surface area (Å²) in [6.07, 6.45) is 1.51. The van der Waals surface area contributed by atoms with Crippen LogP contribution in [0.2, 0.25) is 0 Å². The Labute approximate surface area is 110 Å². The molecule has 0 saturated carbocycles. The van der Waals surface area contributed by atoms with Gasteiger partial charge < -0.3 is 14.1 Å². The number of furan rings is 1. The third kappa shape index (κ3) is 3.21. The number of methoxy groups -OCH3 is 1. The van der Waals surface area contributed by atoms with Gasteiger partial charge in [0.1, 0.15) is 0 Å². The smallest absolute Gasteiger partial charge is 0.289 e. The van der Waals surface area contributed by atoms with Crippen molar-refractivity contribution in [2.75, 3.05) is 20.3 Å². The molecule has 4 nitrogen and oxygen atoms in total. The Morgan fingerprint density at radius 2 is 2.39 bits per heavy atom. The molecule has 0 fully saturated rings. The van der Waals surface area contributed by atoms with Gasteiger partial charge in [-0.25, -0.2) is 0 Å². The molecular formula is C13H15NO3S. The minimum Gasteiger partial charge on any atom is -0.459 e. The number of thiophene rings is 1. The number of carbonyl (C=O) groups is 1. The lowest BCUT2D eigenvalue weighted by atomic mass is 10.3. The van der Waals surface area contributed by atoms with Crippen LogP contribution in [0.15, 0.2) is 39.6 Å². The van der Waals surface area contributed by atoms with Crippen LogP contribution in [-0.4, -0.2) is 31.1 Å². The van der Waals surface area contributed by atoms with E-state index >= 15 is 0 Å². The molecule has 0 spiro atoms. The fourth-order valence-corrected chi connectivity index (χ4v) is 2.27. The van der Waals surface area contributed by atoms with E-state index in [-0.39, 0.29) is 5.91 Å². The molecule has 2 heterocycles. The Balaban J connectivity index is 2.07. The van der Waals surface area contributed by atoms with Gasteiger partial charge in [-0.15, -0.1) is 0 Å². The Morgan fingerprint density at radius 3 is 3.00 bits per heavy atom. The van der Waals surface area contributed by atoms with E-state index in [0.717, 1.165) is 5.56 Å². The van der Waals surface area contributed by atoms with Gasteiger partial charge in [0.25, 0.3) is 5.91 Å². The van der Waals surface area contributed by atoms with Crippen molar-refractivity contribution in [2.24, 2.45) is 0 Å². The predicted molar refractivity (Wildman–Crippen MR) is 69.6 cm³/mol. The summed E-state index contributed by atoms with van der Waals surface area (Å²) in [5.74, 6) is 0.254. The quantitative estimate of drug-likeness (QED) is 0.806. The SMILES string of the molecule is COCCN(Cc1ccsc1)C(=O)c1ccco1. The highest BCUT2D eigenvalue weighted by Gasteiger charge is 2.18. The van der Waals surface area contributed by atoms with Crippen molar-refractivity contribution in [1.29, 1.82) is 0 Å². The first-order valence-corrected chi connectivity index (χ1v) is 6.58. The number of hydrogen-bond acceptors (Lipinski definition) is 4. The Bertz CT molecular complexity index is 464. The molecule has 2 rings (SSSR count). The number of nitrogens with zero attached hydrogens (tertiary/aromatic N) is 1. The minimum atomic E-state index is -0.108. The van der Waals surface area contributed by atoms with E-state index in [4.69, 9.17) is 9.15 Å². The van der Waals surface area contributed by atoms with Crippen molar-refractivity contribution in [1.82, 2.24) is 4.90 Å². The molecule has 96 valence electrons. The molecular weight excluding hydrogens is 250 g/mol. The molecule has 0 N–H and O–H groups in total. The zero-order valence-corrected chi connectivity index (χ0v) is 11.0. The third-order valence-corrected chi connectivity index (χ3v) is 3.27. The third-order valence-electron chi connectivity index (χ3n) is 2.54. The standard InChI is InChI=1S/C13H15NO3S/c1-16-7-5-14(9-11-4-8-18-10-11)13(15)12-3-2-6-17-12/h2-4,6,8,10H,5,7,9H2,1H3. The average Bonchev–Trinajstić information content (AvgIpc) is 3.06. The Hall–Kier alpha value is -1.59. The van der Waals surface area contributed by atoms with E-state index in [1.807, 2.05) is 16.8 Å². The van der Waals surface area contributed by atoms with Crippen molar-refractivity contribution in [2.45, 2.75) is 6.54 Å². The van der Waals surface area contributed by atoms with Crippen LogP contribution < -0.4 is 0 Å². The normalized spacial score (nSPS) is 10.5. The molecule has 0 unspecified atom stereocenters. The molecule has 5 heteroatoms. The molecule has 0 aliphatic carbocycles. The van der Waals surface area contributed by atoms with Gasteiger partial charge in [0.2, 0.25) is 0 Å². The lowest BCUT2D eigenvalue weighted by Gasteiger charge is -2.20. The number of hydrogen-bond donors (Lipinski definition) is 0. The summed E-state index contributed by atoms with van der Waals surface area (Å²) in [6, 6.07) is 5.40. The highest BCUT2D eigenvalue weighted by molar-refractivity contribution is 7.07. The molecule has 0 saturated heterocycles. The summed E-state index contributed by atoms with van der Waals surface area (Å²) in [4.78, 5) is 13.9. The predicted octanol–water partition coefficient (Wildman–Crippen LogP) is 2.63. The van der Waals surface area contributed by atoms with Crippen LogP contribution in [0.5, 0.6) is 0 Å². The van der Waals surface area contributed by atoms with Crippen LogP contribution in [0.25, 0.3) is 0 Å². The van der Waals surface area contributed by atoms with Crippen molar-refractivity contribution in [3.8, 4) is 0 Å². The summed E-state index contributed by atoms with van der Waals surface area (Å²) in [5.41, 5.74) is 1.12. The molecule has 0 radical (unpaired) electrons. The second-order valence-electron chi connectivity index (χ2n) is 3.83. The van der Waals surface area contributed by atoms with Crippen LogP contribution in [0.3, 0.4) is 0 Å². The lowest BCUT2D eigenvalue weighted by molar-refractivity contribution is 0.0649. The number of ether oxygens (including phenoxy) is 1. The summed E-state index contributed by atoms with van der Waals surface area (Å²) < 4.78 is 10.2. The van der Waals surface area contributed by atoms with Gasteiger partial charge in [-0.1, -0.05) is 0 Å². The van der Waals surface area contributed by atoms with Crippen LogP contribution in [0.4, 0.5) is 0 Å². The van der Waals surface area contributed by atoms with Gasteiger partial charge in [-0.2, -0.15) is 11.3 Å². The van der Waals surface area contributed by atoms with Crippen molar-refractivity contribution in [3.05, 3.63) is 46.5 Å². The first-order valence-electron chi connectivity index (χ1n) is 5.64. The van der Waals surface area contributed by atoms with Crippen molar-refractivity contribution < 1.29 is 13.9 Å². The van der Waals surface area contributed by atoms with E-state index in [2.05, 4.69) is 0 Å². The molecule has 18 heavy (non-hydrogen) atoms. The van der Waals surface area contributed by atoms with Gasteiger partial charge >= 0.3 is 0 Å². The second kappa shape index (κ2) is 6.37. The van der Waals surface area contributed by atoms with Crippen molar-refractivity contribution in [3.63, 3.8) is 0 Å². The van der Waals surface area contributed by atoms with Gasteiger partial charge in [-0.3, -0.25) is 4.79 Å². The topological polar surface area (TPSA) is 42.7 Å². The monoisotopic (exact) mass is 265 g/mol. The molecule has 1 amide bonds. The van der Waals surface area contributed by atoms with E-state index in [1.54, 1.807) is 35.5 Å². The van der Waals surface area contributed by atoms with Gasteiger partial charge in [0.15, 0.2) is 5.76 Å². The van der Waals surface area contributed by atoms with Gasteiger partial charge in [-0.05, 0) is 34.5 Å². The molecule has 0 aliphatic rings. The fraction of sp³-hybridized carbons (Fsp3) is 0.308. The number of amides is 1. The molecule has 0 atom stereocenters. The minimum absolute atomic E-state index is 0.108. The number of carbonyl (C=O) groups excluding carboxylic acids is 1. The molecule has 0 aliphatic heterocycles. The van der Waals surface area contributed by atoms with Crippen molar-refractivity contribution >= 4 is 17.2 Å². The summed E-state index contributed by atoms with van der Waals surface area (Å²) >= 11 is 1.62. The summed E-state index contributed by atoms with van der Waals surface area (Å²) in [7, 11) is 1.63. The van der Waals surface area contributed by atoms with Crippen LogP contribution in [-0.2, 0) is 11.3 Å². The first kappa shape index (κ1) is 12.9. The average molecular weight is 265 g/mol. The Kier molecular flexibility index (Phi) is 4.55. The highest BCUT2D eigenvalue weighted by atomic mass is 32.1. The Morgan fingerprint density at radius 1 is 1.50 bits per heavy atom. The van der Waals surface area contributed by atoms with E-state index in [1.165, 1.54) is 6.26 Å². The summed E-state index contributed by atoms with van der Waals surface area (Å²) in [6.45, 7) is 1.63. The lowest BCUT2D eigenvalue weighted by Crippen LogP contribution is -2.33. The van der Waals surface area contributed by atoms with Gasteiger partial charge in [0, 0.05) is 20.2 Å². The van der Waals surface area contributed by atoms with Gasteiger partial charge in [0.05, 0.1) is 12.9 Å². The maximum atomic E-state index is 12.2. The molecule has 2 aromatic heterocycles. The zero-order valence-electron chi connectivity index (χ0n) is 10.2. The zero-order chi connectivity index (χ0) is 12.8. The van der Waals surface area contributed by atoms with E-state index < -0.39 is 0 Å². The van der Waals surface area contributed by atoms with Crippen LogP contribution >= 0.6 is 11.3 Å². The fourth-order valence-electron chi connectivity index (χ4n) is 1.61. The summed E-state index contributed by atoms with van der Waals surface area (Å²) in [5, 5.41) is 4.04. The van der Waals surface area contributed by atoms with Crippen LogP contribution in [0, 0.1) is 0 Å².